The van der Waals surface area contributed by atoms with E-state index in [2.05, 4.69) is 66.5 Å². The van der Waals surface area contributed by atoms with Gasteiger partial charge in [0.15, 0.2) is 14.1 Å². The van der Waals surface area contributed by atoms with Crippen molar-refractivity contribution in [3.8, 4) is 0 Å². The third-order valence-corrected chi connectivity index (χ3v) is 10.4. The van der Waals surface area contributed by atoms with E-state index in [1.54, 1.807) is 0 Å². The average molecular weight is 342 g/mol. The monoisotopic (exact) mass is 341 g/mol. The highest BCUT2D eigenvalue weighted by Crippen LogP contribution is 2.38. The second kappa shape index (κ2) is 6.97. The average Bonchev–Trinajstić information content (AvgIpc) is 2.34. The Kier molecular flexibility index (Phi) is 6.32. The van der Waals surface area contributed by atoms with Gasteiger partial charge in [-0.15, -0.1) is 0 Å². The van der Waals surface area contributed by atoms with Gasteiger partial charge in [-0.25, -0.2) is 0 Å². The normalized spacial score (nSPS) is 20.6. The summed E-state index contributed by atoms with van der Waals surface area (Å²) in [6.07, 6.45) is 2.88. The van der Waals surface area contributed by atoms with E-state index < -0.39 is 8.32 Å². The molecule has 1 fully saturated rings. The van der Waals surface area contributed by atoms with Gasteiger partial charge in [-0.05, 0) is 70.2 Å². The van der Waals surface area contributed by atoms with Crippen molar-refractivity contribution in [1.29, 1.82) is 0 Å². The van der Waals surface area contributed by atoms with Crippen molar-refractivity contribution in [2.75, 3.05) is 19.7 Å². The molecule has 1 heterocycles. The minimum Gasteiger partial charge on any atom is -0.410 e. The van der Waals surface area contributed by atoms with Gasteiger partial charge in [0.1, 0.15) is 0 Å². The van der Waals surface area contributed by atoms with Crippen LogP contribution in [0.25, 0.3) is 0 Å². The van der Waals surface area contributed by atoms with Crippen LogP contribution in [0, 0.1) is 5.41 Å². The van der Waals surface area contributed by atoms with Gasteiger partial charge in [0.25, 0.3) is 0 Å². The number of hydrogen-bond acceptors (Lipinski definition) is 3. The van der Waals surface area contributed by atoms with Gasteiger partial charge < -0.3 is 4.43 Å². The Balaban J connectivity index is 2.49. The lowest BCUT2D eigenvalue weighted by molar-refractivity contribution is -0.124. The molecule has 0 spiro atoms. The lowest BCUT2D eigenvalue weighted by Crippen LogP contribution is -2.49. The van der Waals surface area contributed by atoms with E-state index in [4.69, 9.17) is 4.43 Å². The van der Waals surface area contributed by atoms with Crippen molar-refractivity contribution in [2.45, 2.75) is 91.4 Å². The van der Waals surface area contributed by atoms with E-state index in [9.17, 15) is 4.79 Å². The maximum absolute atomic E-state index is 12.5. The fourth-order valence-corrected chi connectivity index (χ4v) is 3.85. The molecule has 1 aliphatic rings. The van der Waals surface area contributed by atoms with Crippen molar-refractivity contribution in [3.05, 3.63) is 0 Å². The SMILES string of the molecule is CC1(CC(=O)CO[Si](C)(C)C(C)(C)C)CCN(C(C)(C)C)CC1. The maximum Gasteiger partial charge on any atom is 0.192 e. The Labute approximate surface area is 145 Å². The van der Waals surface area contributed by atoms with Crippen LogP contribution in [-0.4, -0.2) is 44.2 Å². The summed E-state index contributed by atoms with van der Waals surface area (Å²) in [6, 6.07) is 0. The molecule has 0 aromatic rings. The van der Waals surface area contributed by atoms with Gasteiger partial charge in [-0.3, -0.25) is 9.69 Å². The Hall–Kier alpha value is -0.193. The minimum absolute atomic E-state index is 0.148. The highest BCUT2D eigenvalue weighted by molar-refractivity contribution is 6.74. The summed E-state index contributed by atoms with van der Waals surface area (Å²) in [6.45, 7) is 22.6. The van der Waals surface area contributed by atoms with Crippen LogP contribution in [0.4, 0.5) is 0 Å². The van der Waals surface area contributed by atoms with Crippen LogP contribution in [0.15, 0.2) is 0 Å². The lowest BCUT2D eigenvalue weighted by atomic mass is 9.75. The molecule has 0 N–H and O–H groups in total. The summed E-state index contributed by atoms with van der Waals surface area (Å²) in [7, 11) is -1.82. The third kappa shape index (κ3) is 5.99. The molecule has 0 bridgehead atoms. The van der Waals surface area contributed by atoms with Gasteiger partial charge in [-0.2, -0.15) is 0 Å². The zero-order valence-electron chi connectivity index (χ0n) is 17.0. The number of hydrogen-bond donors (Lipinski definition) is 0. The number of nitrogens with zero attached hydrogens (tertiary/aromatic N) is 1. The zero-order chi connectivity index (χ0) is 18.1. The number of Topliss-reactive ketones (excluding diaryl/α,β-unsaturated/α-hetero) is 1. The summed E-state index contributed by atoms with van der Waals surface area (Å²) in [4.78, 5) is 15.0. The largest absolute Gasteiger partial charge is 0.410 e. The molecule has 0 unspecified atom stereocenters. The molecule has 0 amide bonds. The highest BCUT2D eigenvalue weighted by atomic mass is 28.4. The molecule has 0 aromatic heterocycles. The van der Waals surface area contributed by atoms with Crippen molar-refractivity contribution < 1.29 is 9.22 Å². The van der Waals surface area contributed by atoms with Gasteiger partial charge in [-0.1, -0.05) is 27.7 Å². The Bertz CT molecular complexity index is 410. The second-order valence-electron chi connectivity index (χ2n) is 10.2. The Morgan fingerprint density at radius 1 is 1.09 bits per heavy atom. The van der Waals surface area contributed by atoms with Crippen LogP contribution < -0.4 is 0 Å². The van der Waals surface area contributed by atoms with E-state index in [0.29, 0.717) is 13.0 Å². The number of likely N-dealkylation sites (tertiary alicyclic amines) is 1. The van der Waals surface area contributed by atoms with Crippen molar-refractivity contribution in [1.82, 2.24) is 4.90 Å². The van der Waals surface area contributed by atoms with Crippen molar-refractivity contribution in [2.24, 2.45) is 5.41 Å². The van der Waals surface area contributed by atoms with Crippen LogP contribution in [0.5, 0.6) is 0 Å². The molecule has 1 aliphatic heterocycles. The number of piperidine rings is 1. The first-order chi connectivity index (χ1) is 10.2. The summed E-state index contributed by atoms with van der Waals surface area (Å²) in [5.41, 5.74) is 0.381. The first kappa shape index (κ1) is 20.9. The second-order valence-corrected chi connectivity index (χ2v) is 15.0. The number of rotatable bonds is 5. The van der Waals surface area contributed by atoms with Crippen LogP contribution in [0.3, 0.4) is 0 Å². The molecule has 0 saturated carbocycles. The first-order valence-corrected chi connectivity index (χ1v) is 12.0. The number of carbonyl (C=O) groups excluding carboxylic acids is 1. The van der Waals surface area contributed by atoms with Crippen LogP contribution in [-0.2, 0) is 9.22 Å². The van der Waals surface area contributed by atoms with Crippen molar-refractivity contribution in [3.63, 3.8) is 0 Å². The van der Waals surface area contributed by atoms with Gasteiger partial charge in [0.05, 0.1) is 6.61 Å². The Morgan fingerprint density at radius 2 is 1.57 bits per heavy atom. The van der Waals surface area contributed by atoms with E-state index in [1.807, 2.05) is 0 Å². The predicted molar refractivity (Wildman–Crippen MR) is 101 cm³/mol. The predicted octanol–water partition coefficient (Wildman–Crippen LogP) is 4.87. The van der Waals surface area contributed by atoms with Gasteiger partial charge >= 0.3 is 0 Å². The molecule has 4 heteroatoms. The fraction of sp³-hybridized carbons (Fsp3) is 0.947. The standard InChI is InChI=1S/C19H39NO2Si/c1-17(2,3)20-12-10-19(7,11-13-20)14-16(21)15-22-23(8,9)18(4,5)6/h10-15H2,1-9H3. The summed E-state index contributed by atoms with van der Waals surface area (Å²) < 4.78 is 6.10. The maximum atomic E-state index is 12.5. The quantitative estimate of drug-likeness (QED) is 0.668. The minimum atomic E-state index is -1.82. The molecule has 0 aromatic carbocycles. The fourth-order valence-electron chi connectivity index (χ4n) is 2.90. The zero-order valence-corrected chi connectivity index (χ0v) is 18.0. The van der Waals surface area contributed by atoms with E-state index in [1.165, 1.54) is 0 Å². The van der Waals surface area contributed by atoms with Gasteiger partial charge in [0.2, 0.25) is 0 Å². The molecule has 0 radical (unpaired) electrons. The van der Waals surface area contributed by atoms with Crippen molar-refractivity contribution >= 4 is 14.1 Å². The van der Waals surface area contributed by atoms with E-state index >= 15 is 0 Å². The molecular weight excluding hydrogens is 302 g/mol. The summed E-state index contributed by atoms with van der Waals surface area (Å²) in [5.74, 6) is 0.279. The number of ketones is 1. The highest BCUT2D eigenvalue weighted by Gasteiger charge is 2.39. The van der Waals surface area contributed by atoms with E-state index in [0.717, 1.165) is 25.9 Å². The molecule has 1 saturated heterocycles. The summed E-state index contributed by atoms with van der Waals surface area (Å²) >= 11 is 0. The molecule has 136 valence electrons. The first-order valence-electron chi connectivity index (χ1n) is 9.07. The van der Waals surface area contributed by atoms with Crippen LogP contribution >= 0.6 is 0 Å². The van der Waals surface area contributed by atoms with Crippen LogP contribution in [0.1, 0.15) is 67.7 Å². The smallest absolute Gasteiger partial charge is 0.192 e. The topological polar surface area (TPSA) is 29.5 Å². The molecule has 1 rings (SSSR count). The van der Waals surface area contributed by atoms with Gasteiger partial charge in [0, 0.05) is 12.0 Å². The summed E-state index contributed by atoms with van der Waals surface area (Å²) in [5, 5.41) is 0.162. The molecule has 3 nitrogen and oxygen atoms in total. The molecule has 23 heavy (non-hydrogen) atoms. The molecular formula is C19H39NO2Si. The lowest BCUT2D eigenvalue weighted by Gasteiger charge is -2.45. The Morgan fingerprint density at radius 3 is 1.96 bits per heavy atom. The molecule has 0 aliphatic carbocycles. The number of carbonyl (C=O) groups is 1. The van der Waals surface area contributed by atoms with Crippen LogP contribution in [0.2, 0.25) is 18.1 Å². The molecule has 0 atom stereocenters. The van der Waals surface area contributed by atoms with E-state index in [-0.39, 0.29) is 21.8 Å². The third-order valence-electron chi connectivity index (χ3n) is 5.94.